The fraction of sp³-hybridized carbons (Fsp3) is 0. The first-order chi connectivity index (χ1) is 8.19. The third-order valence-electron chi connectivity index (χ3n) is 2.09. The molecule has 0 radical (unpaired) electrons. The summed E-state index contributed by atoms with van der Waals surface area (Å²) >= 11 is 9.26. The first kappa shape index (κ1) is 11.9. The standard InChI is InChI=1S/C12H7BrClN3/c13-10-5-9(14)2-3-11(10)17-12-4-1-8(6-15)7-16-12/h1-5,7H,(H,16,17). The van der Waals surface area contributed by atoms with Gasteiger partial charge in [-0.25, -0.2) is 4.98 Å². The third kappa shape index (κ3) is 2.96. The average molecular weight is 309 g/mol. The van der Waals surface area contributed by atoms with E-state index in [0.717, 1.165) is 10.2 Å². The minimum Gasteiger partial charge on any atom is -0.339 e. The topological polar surface area (TPSA) is 48.7 Å². The monoisotopic (exact) mass is 307 g/mol. The summed E-state index contributed by atoms with van der Waals surface area (Å²) in [6, 6.07) is 10.9. The Morgan fingerprint density at radius 3 is 2.71 bits per heavy atom. The fourth-order valence-corrected chi connectivity index (χ4v) is 2.04. The second kappa shape index (κ2) is 5.17. The van der Waals surface area contributed by atoms with E-state index in [9.17, 15) is 0 Å². The molecule has 0 spiro atoms. The van der Waals surface area contributed by atoms with Crippen molar-refractivity contribution in [2.24, 2.45) is 0 Å². The second-order valence-corrected chi connectivity index (χ2v) is 4.58. The van der Waals surface area contributed by atoms with Crippen LogP contribution in [0.5, 0.6) is 0 Å². The summed E-state index contributed by atoms with van der Waals surface area (Å²) < 4.78 is 0.858. The van der Waals surface area contributed by atoms with Crippen molar-refractivity contribution >= 4 is 39.0 Å². The van der Waals surface area contributed by atoms with Crippen molar-refractivity contribution in [3.8, 4) is 6.07 Å². The normalized spacial score (nSPS) is 9.71. The molecule has 0 aliphatic rings. The molecule has 17 heavy (non-hydrogen) atoms. The van der Waals surface area contributed by atoms with Crippen LogP contribution < -0.4 is 5.32 Å². The Balaban J connectivity index is 2.23. The lowest BCUT2D eigenvalue weighted by molar-refractivity contribution is 1.28. The largest absolute Gasteiger partial charge is 0.339 e. The van der Waals surface area contributed by atoms with Crippen LogP contribution in [0.2, 0.25) is 5.02 Å². The molecule has 1 aromatic carbocycles. The fourth-order valence-electron chi connectivity index (χ4n) is 1.26. The van der Waals surface area contributed by atoms with Gasteiger partial charge in [0.05, 0.1) is 11.3 Å². The first-order valence-corrected chi connectivity index (χ1v) is 5.94. The number of halogens is 2. The number of nitrogens with one attached hydrogen (secondary N) is 1. The molecule has 0 unspecified atom stereocenters. The SMILES string of the molecule is N#Cc1ccc(Nc2ccc(Cl)cc2Br)nc1. The quantitative estimate of drug-likeness (QED) is 0.908. The molecule has 0 aliphatic carbocycles. The predicted molar refractivity (Wildman–Crippen MR) is 71.4 cm³/mol. The van der Waals surface area contributed by atoms with Gasteiger partial charge in [0.15, 0.2) is 0 Å². The highest BCUT2D eigenvalue weighted by atomic mass is 79.9. The van der Waals surface area contributed by atoms with Crippen molar-refractivity contribution in [2.75, 3.05) is 5.32 Å². The number of nitrogens with zero attached hydrogens (tertiary/aromatic N) is 2. The first-order valence-electron chi connectivity index (χ1n) is 4.77. The average Bonchev–Trinajstić information content (AvgIpc) is 2.34. The molecular formula is C12H7BrClN3. The number of hydrogen-bond acceptors (Lipinski definition) is 3. The van der Waals surface area contributed by atoms with Gasteiger partial charge >= 0.3 is 0 Å². The smallest absolute Gasteiger partial charge is 0.130 e. The van der Waals surface area contributed by atoms with Gasteiger partial charge < -0.3 is 5.32 Å². The highest BCUT2D eigenvalue weighted by molar-refractivity contribution is 9.10. The number of pyridine rings is 1. The molecule has 1 heterocycles. The molecule has 1 N–H and O–H groups in total. The zero-order chi connectivity index (χ0) is 12.3. The van der Waals surface area contributed by atoms with Crippen molar-refractivity contribution in [1.82, 2.24) is 4.98 Å². The van der Waals surface area contributed by atoms with Gasteiger partial charge in [0, 0.05) is 15.7 Å². The number of benzene rings is 1. The molecule has 0 aliphatic heterocycles. The molecule has 0 fully saturated rings. The summed E-state index contributed by atoms with van der Waals surface area (Å²) in [5.74, 6) is 0.673. The summed E-state index contributed by atoms with van der Waals surface area (Å²) in [6.07, 6.45) is 1.52. The van der Waals surface area contributed by atoms with Crippen molar-refractivity contribution < 1.29 is 0 Å². The Hall–Kier alpha value is -1.57. The molecule has 3 nitrogen and oxygen atoms in total. The van der Waals surface area contributed by atoms with E-state index < -0.39 is 0 Å². The van der Waals surface area contributed by atoms with Gasteiger partial charge in [-0.1, -0.05) is 11.6 Å². The molecule has 0 atom stereocenters. The van der Waals surface area contributed by atoms with Crippen LogP contribution in [0, 0.1) is 11.3 Å². The Labute approximate surface area is 112 Å². The maximum absolute atomic E-state index is 8.66. The van der Waals surface area contributed by atoms with Gasteiger partial charge in [-0.15, -0.1) is 0 Å². The zero-order valence-electron chi connectivity index (χ0n) is 8.61. The summed E-state index contributed by atoms with van der Waals surface area (Å²) in [4.78, 5) is 4.12. The molecule has 0 bridgehead atoms. The lowest BCUT2D eigenvalue weighted by Crippen LogP contribution is -1.94. The van der Waals surface area contributed by atoms with Gasteiger partial charge in [0.1, 0.15) is 11.9 Å². The van der Waals surface area contributed by atoms with E-state index in [0.29, 0.717) is 16.4 Å². The summed E-state index contributed by atoms with van der Waals surface area (Å²) in [5.41, 5.74) is 1.40. The number of nitriles is 1. The van der Waals surface area contributed by atoms with E-state index in [4.69, 9.17) is 16.9 Å². The van der Waals surface area contributed by atoms with E-state index in [-0.39, 0.29) is 0 Å². The minimum absolute atomic E-state index is 0.533. The van der Waals surface area contributed by atoms with Crippen LogP contribution in [0.25, 0.3) is 0 Å². The molecule has 2 aromatic rings. The molecule has 2 rings (SSSR count). The lowest BCUT2D eigenvalue weighted by atomic mass is 10.3. The van der Waals surface area contributed by atoms with Gasteiger partial charge in [0.2, 0.25) is 0 Å². The Morgan fingerprint density at radius 1 is 1.29 bits per heavy atom. The summed E-state index contributed by atoms with van der Waals surface area (Å²) in [7, 11) is 0. The van der Waals surface area contributed by atoms with Gasteiger partial charge in [-0.3, -0.25) is 0 Å². The summed E-state index contributed by atoms with van der Waals surface area (Å²) in [6.45, 7) is 0. The van der Waals surface area contributed by atoms with Crippen molar-refractivity contribution in [2.45, 2.75) is 0 Å². The van der Waals surface area contributed by atoms with Crippen molar-refractivity contribution in [1.29, 1.82) is 5.26 Å². The second-order valence-electron chi connectivity index (χ2n) is 3.29. The van der Waals surface area contributed by atoms with E-state index in [1.54, 1.807) is 24.3 Å². The molecule has 0 amide bonds. The van der Waals surface area contributed by atoms with E-state index >= 15 is 0 Å². The molecule has 0 saturated heterocycles. The van der Waals surface area contributed by atoms with Crippen LogP contribution in [0.4, 0.5) is 11.5 Å². The molecule has 5 heteroatoms. The van der Waals surface area contributed by atoms with Crippen LogP contribution >= 0.6 is 27.5 Å². The summed E-state index contributed by atoms with van der Waals surface area (Å²) in [5, 5.41) is 12.4. The van der Waals surface area contributed by atoms with Gasteiger partial charge in [-0.05, 0) is 46.3 Å². The number of hydrogen-bond donors (Lipinski definition) is 1. The Morgan fingerprint density at radius 2 is 2.12 bits per heavy atom. The molecule has 0 saturated carbocycles. The number of rotatable bonds is 2. The Kier molecular flexibility index (Phi) is 3.62. The maximum atomic E-state index is 8.66. The molecule has 84 valence electrons. The maximum Gasteiger partial charge on any atom is 0.130 e. The van der Waals surface area contributed by atoms with Gasteiger partial charge in [0.25, 0.3) is 0 Å². The van der Waals surface area contributed by atoms with Crippen LogP contribution in [0.15, 0.2) is 41.0 Å². The van der Waals surface area contributed by atoms with Crippen LogP contribution in [-0.4, -0.2) is 4.98 Å². The lowest BCUT2D eigenvalue weighted by Gasteiger charge is -2.07. The third-order valence-corrected chi connectivity index (χ3v) is 2.98. The van der Waals surface area contributed by atoms with Crippen LogP contribution in [0.3, 0.4) is 0 Å². The predicted octanol–water partition coefficient (Wildman–Crippen LogP) is 4.11. The zero-order valence-corrected chi connectivity index (χ0v) is 11.0. The van der Waals surface area contributed by atoms with Gasteiger partial charge in [-0.2, -0.15) is 5.26 Å². The van der Waals surface area contributed by atoms with Crippen molar-refractivity contribution in [3.05, 3.63) is 51.6 Å². The van der Waals surface area contributed by atoms with E-state index in [1.807, 2.05) is 12.1 Å². The minimum atomic E-state index is 0.533. The van der Waals surface area contributed by atoms with Crippen molar-refractivity contribution in [3.63, 3.8) is 0 Å². The van der Waals surface area contributed by atoms with Crippen LogP contribution in [0.1, 0.15) is 5.56 Å². The molecular weight excluding hydrogens is 302 g/mol. The Bertz CT molecular complexity index is 575. The van der Waals surface area contributed by atoms with E-state index in [1.165, 1.54) is 6.20 Å². The van der Waals surface area contributed by atoms with E-state index in [2.05, 4.69) is 26.2 Å². The van der Waals surface area contributed by atoms with Crippen LogP contribution in [-0.2, 0) is 0 Å². The number of anilines is 2. The highest BCUT2D eigenvalue weighted by Crippen LogP contribution is 2.27. The molecule has 1 aromatic heterocycles. The highest BCUT2D eigenvalue weighted by Gasteiger charge is 2.02. The number of aromatic nitrogens is 1.